The highest BCUT2D eigenvalue weighted by atomic mass is 16.2. The zero-order chi connectivity index (χ0) is 16.7. The van der Waals surface area contributed by atoms with Crippen molar-refractivity contribution in [2.24, 2.45) is 5.92 Å². The van der Waals surface area contributed by atoms with Gasteiger partial charge in [0, 0.05) is 26.7 Å². The van der Waals surface area contributed by atoms with Crippen molar-refractivity contribution in [3.8, 4) is 0 Å². The maximum absolute atomic E-state index is 11.8. The highest BCUT2D eigenvalue weighted by Crippen LogP contribution is 2.22. The number of pyridine rings is 1. The molecule has 23 heavy (non-hydrogen) atoms. The molecule has 3 amide bonds. The lowest BCUT2D eigenvalue weighted by atomic mass is 9.97. The second kappa shape index (κ2) is 8.36. The lowest BCUT2D eigenvalue weighted by Gasteiger charge is -2.32. The SMILES string of the molecule is CCCNC(=O)Nc1ccc(N2CCCC(C(=O)NC)C2)nc1. The summed E-state index contributed by atoms with van der Waals surface area (Å²) in [5.41, 5.74) is 0.655. The van der Waals surface area contributed by atoms with Gasteiger partial charge in [0.25, 0.3) is 0 Å². The van der Waals surface area contributed by atoms with Crippen LogP contribution >= 0.6 is 0 Å². The van der Waals surface area contributed by atoms with Crippen LogP contribution in [0.15, 0.2) is 18.3 Å². The summed E-state index contributed by atoms with van der Waals surface area (Å²) in [6.45, 7) is 4.22. The number of carbonyl (C=O) groups excluding carboxylic acids is 2. The Balaban J connectivity index is 1.93. The highest BCUT2D eigenvalue weighted by Gasteiger charge is 2.25. The third kappa shape index (κ3) is 4.84. The van der Waals surface area contributed by atoms with Gasteiger partial charge in [0.2, 0.25) is 5.91 Å². The Bertz CT molecular complexity index is 532. The van der Waals surface area contributed by atoms with Crippen molar-refractivity contribution in [3.05, 3.63) is 18.3 Å². The van der Waals surface area contributed by atoms with E-state index in [9.17, 15) is 9.59 Å². The molecule has 1 aromatic heterocycles. The van der Waals surface area contributed by atoms with Gasteiger partial charge >= 0.3 is 6.03 Å². The van der Waals surface area contributed by atoms with Crippen LogP contribution in [-0.4, -0.2) is 43.6 Å². The van der Waals surface area contributed by atoms with Crippen LogP contribution in [-0.2, 0) is 4.79 Å². The fraction of sp³-hybridized carbons (Fsp3) is 0.562. The number of hydrogen-bond donors (Lipinski definition) is 3. The number of nitrogens with zero attached hydrogens (tertiary/aromatic N) is 2. The zero-order valence-electron chi connectivity index (χ0n) is 13.8. The van der Waals surface area contributed by atoms with E-state index in [0.29, 0.717) is 18.8 Å². The summed E-state index contributed by atoms with van der Waals surface area (Å²) >= 11 is 0. The third-order valence-corrected chi connectivity index (χ3v) is 3.90. The van der Waals surface area contributed by atoms with E-state index in [1.165, 1.54) is 0 Å². The molecule has 0 aliphatic carbocycles. The molecule has 1 atom stereocenters. The van der Waals surface area contributed by atoms with Crippen LogP contribution in [0.5, 0.6) is 0 Å². The summed E-state index contributed by atoms with van der Waals surface area (Å²) in [5, 5.41) is 8.21. The van der Waals surface area contributed by atoms with Crippen LogP contribution < -0.4 is 20.9 Å². The van der Waals surface area contributed by atoms with Gasteiger partial charge in [-0.25, -0.2) is 9.78 Å². The maximum Gasteiger partial charge on any atom is 0.319 e. The smallest absolute Gasteiger partial charge is 0.319 e. The molecule has 0 bridgehead atoms. The summed E-state index contributed by atoms with van der Waals surface area (Å²) in [7, 11) is 1.67. The van der Waals surface area contributed by atoms with Gasteiger partial charge in [-0.3, -0.25) is 4.79 Å². The van der Waals surface area contributed by atoms with Gasteiger partial charge in [0.15, 0.2) is 0 Å². The number of nitrogens with one attached hydrogen (secondary N) is 3. The molecular weight excluding hydrogens is 294 g/mol. The molecule has 1 unspecified atom stereocenters. The molecule has 0 saturated carbocycles. The normalized spacial score (nSPS) is 17.5. The minimum absolute atomic E-state index is 0.00757. The summed E-state index contributed by atoms with van der Waals surface area (Å²) in [6, 6.07) is 3.48. The standard InChI is InChI=1S/C16H25N5O2/c1-3-8-18-16(23)20-13-6-7-14(19-10-13)21-9-4-5-12(11-21)15(22)17-2/h6-7,10,12H,3-5,8-9,11H2,1-2H3,(H,17,22)(H2,18,20,23). The molecule has 1 aliphatic heterocycles. The zero-order valence-corrected chi connectivity index (χ0v) is 13.8. The number of rotatable bonds is 5. The Hall–Kier alpha value is -2.31. The number of hydrogen-bond acceptors (Lipinski definition) is 4. The molecule has 0 spiro atoms. The minimum Gasteiger partial charge on any atom is -0.359 e. The van der Waals surface area contributed by atoms with E-state index < -0.39 is 0 Å². The molecule has 126 valence electrons. The second-order valence-corrected chi connectivity index (χ2v) is 5.69. The van der Waals surface area contributed by atoms with Crippen molar-refractivity contribution in [2.45, 2.75) is 26.2 Å². The van der Waals surface area contributed by atoms with E-state index >= 15 is 0 Å². The Labute approximate surface area is 136 Å². The van der Waals surface area contributed by atoms with Crippen LogP contribution in [0.25, 0.3) is 0 Å². The average Bonchev–Trinajstić information content (AvgIpc) is 2.60. The first-order valence-electron chi connectivity index (χ1n) is 8.11. The Morgan fingerprint density at radius 1 is 1.39 bits per heavy atom. The summed E-state index contributed by atoms with van der Waals surface area (Å²) in [6.07, 6.45) is 4.42. The first kappa shape index (κ1) is 17.1. The lowest BCUT2D eigenvalue weighted by molar-refractivity contribution is -0.124. The van der Waals surface area contributed by atoms with Crippen LogP contribution in [0.2, 0.25) is 0 Å². The van der Waals surface area contributed by atoms with E-state index in [1.54, 1.807) is 13.2 Å². The van der Waals surface area contributed by atoms with Gasteiger partial charge in [-0.1, -0.05) is 6.92 Å². The quantitative estimate of drug-likeness (QED) is 0.769. The summed E-state index contributed by atoms with van der Waals surface area (Å²) in [5.74, 6) is 0.923. The van der Waals surface area contributed by atoms with E-state index in [4.69, 9.17) is 0 Å². The molecule has 0 aromatic carbocycles. The Morgan fingerprint density at radius 3 is 2.87 bits per heavy atom. The number of anilines is 2. The number of piperidine rings is 1. The molecular formula is C16H25N5O2. The predicted molar refractivity (Wildman–Crippen MR) is 90.6 cm³/mol. The van der Waals surface area contributed by atoms with Gasteiger partial charge in [-0.2, -0.15) is 0 Å². The fourth-order valence-electron chi connectivity index (χ4n) is 2.66. The van der Waals surface area contributed by atoms with Gasteiger partial charge in [0.1, 0.15) is 5.82 Å². The van der Waals surface area contributed by atoms with Gasteiger partial charge in [-0.05, 0) is 31.4 Å². The molecule has 7 heteroatoms. The monoisotopic (exact) mass is 319 g/mol. The van der Waals surface area contributed by atoms with Crippen LogP contribution in [0.3, 0.4) is 0 Å². The molecule has 1 saturated heterocycles. The van der Waals surface area contributed by atoms with E-state index in [0.717, 1.165) is 31.6 Å². The highest BCUT2D eigenvalue weighted by molar-refractivity contribution is 5.89. The number of urea groups is 1. The van der Waals surface area contributed by atoms with Crippen LogP contribution in [0, 0.1) is 5.92 Å². The van der Waals surface area contributed by atoms with E-state index in [-0.39, 0.29) is 17.9 Å². The van der Waals surface area contributed by atoms with Gasteiger partial charge in [0.05, 0.1) is 17.8 Å². The topological polar surface area (TPSA) is 86.4 Å². The van der Waals surface area contributed by atoms with Gasteiger partial charge < -0.3 is 20.9 Å². The number of aromatic nitrogens is 1. The van der Waals surface area contributed by atoms with Crippen molar-refractivity contribution in [1.29, 1.82) is 0 Å². The predicted octanol–water partition coefficient (Wildman–Crippen LogP) is 1.58. The second-order valence-electron chi connectivity index (χ2n) is 5.69. The molecule has 7 nitrogen and oxygen atoms in total. The minimum atomic E-state index is -0.223. The molecule has 3 N–H and O–H groups in total. The van der Waals surface area contributed by atoms with Crippen molar-refractivity contribution < 1.29 is 9.59 Å². The van der Waals surface area contributed by atoms with Crippen molar-refractivity contribution in [3.63, 3.8) is 0 Å². The first-order valence-corrected chi connectivity index (χ1v) is 8.11. The van der Waals surface area contributed by atoms with Crippen LogP contribution in [0.4, 0.5) is 16.3 Å². The third-order valence-electron chi connectivity index (χ3n) is 3.90. The van der Waals surface area contributed by atoms with E-state index in [1.807, 2.05) is 19.1 Å². The Kier molecular flexibility index (Phi) is 6.19. The van der Waals surface area contributed by atoms with Crippen molar-refractivity contribution >= 4 is 23.4 Å². The molecule has 1 fully saturated rings. The molecule has 1 aromatic rings. The average molecular weight is 319 g/mol. The summed E-state index contributed by atoms with van der Waals surface area (Å²) in [4.78, 5) is 29.9. The largest absolute Gasteiger partial charge is 0.359 e. The van der Waals surface area contributed by atoms with Gasteiger partial charge in [-0.15, -0.1) is 0 Å². The first-order chi connectivity index (χ1) is 11.1. The molecule has 2 rings (SSSR count). The fourth-order valence-corrected chi connectivity index (χ4v) is 2.66. The maximum atomic E-state index is 11.8. The lowest BCUT2D eigenvalue weighted by Crippen LogP contribution is -2.42. The molecule has 1 aliphatic rings. The molecule has 2 heterocycles. The summed E-state index contributed by atoms with van der Waals surface area (Å²) < 4.78 is 0. The van der Waals surface area contributed by atoms with Crippen molar-refractivity contribution in [1.82, 2.24) is 15.6 Å². The van der Waals surface area contributed by atoms with Crippen LogP contribution in [0.1, 0.15) is 26.2 Å². The van der Waals surface area contributed by atoms with Crippen molar-refractivity contribution in [2.75, 3.05) is 36.9 Å². The van der Waals surface area contributed by atoms with E-state index in [2.05, 4.69) is 25.8 Å². The molecule has 0 radical (unpaired) electrons. The number of carbonyl (C=O) groups is 2. The number of amides is 3. The Morgan fingerprint density at radius 2 is 2.22 bits per heavy atom.